The minimum atomic E-state index is 0.214. The first-order valence-electron chi connectivity index (χ1n) is 6.90. The van der Waals surface area contributed by atoms with E-state index in [1.165, 1.54) is 5.56 Å². The van der Waals surface area contributed by atoms with E-state index in [-0.39, 0.29) is 6.61 Å². The van der Waals surface area contributed by atoms with Gasteiger partial charge in [-0.1, -0.05) is 31.0 Å². The number of aliphatic imine (C=N–C) groups is 1. The van der Waals surface area contributed by atoms with E-state index in [1.807, 2.05) is 31.2 Å². The number of aliphatic hydroxyl groups is 1. The van der Waals surface area contributed by atoms with Crippen LogP contribution in [-0.2, 0) is 0 Å². The van der Waals surface area contributed by atoms with Crippen molar-refractivity contribution >= 4 is 11.6 Å². The first kappa shape index (κ1) is 15.5. The molecule has 106 valence electrons. The van der Waals surface area contributed by atoms with E-state index >= 15 is 0 Å². The van der Waals surface area contributed by atoms with Crippen LogP contribution >= 0.6 is 0 Å². The lowest BCUT2D eigenvalue weighted by atomic mass is 10.0. The Morgan fingerprint density at radius 1 is 1.32 bits per heavy atom. The van der Waals surface area contributed by atoms with Crippen LogP contribution in [0.5, 0.6) is 0 Å². The van der Waals surface area contributed by atoms with Gasteiger partial charge in [0.15, 0.2) is 5.96 Å². The topological polar surface area (TPSA) is 70.6 Å². The van der Waals surface area contributed by atoms with E-state index in [9.17, 15) is 0 Å². The van der Waals surface area contributed by atoms with Gasteiger partial charge in [-0.3, -0.25) is 4.99 Å². The summed E-state index contributed by atoms with van der Waals surface area (Å²) in [5.74, 6) is 0.844. The zero-order chi connectivity index (χ0) is 14.1. The molecule has 4 N–H and O–H groups in total. The van der Waals surface area contributed by atoms with E-state index in [1.54, 1.807) is 0 Å². The van der Waals surface area contributed by atoms with Gasteiger partial charge >= 0.3 is 0 Å². The van der Waals surface area contributed by atoms with Crippen LogP contribution in [-0.4, -0.2) is 24.2 Å². The second kappa shape index (κ2) is 8.53. The molecule has 0 aliphatic rings. The number of guanidine groups is 1. The summed E-state index contributed by atoms with van der Waals surface area (Å²) in [6, 6.07) is 8.02. The average molecular weight is 263 g/mol. The van der Waals surface area contributed by atoms with Crippen molar-refractivity contribution in [2.75, 3.05) is 18.5 Å². The van der Waals surface area contributed by atoms with Gasteiger partial charge in [-0.15, -0.1) is 0 Å². The van der Waals surface area contributed by atoms with Gasteiger partial charge in [-0.05, 0) is 37.8 Å². The smallest absolute Gasteiger partial charge is 0.193 e. The molecule has 4 heteroatoms. The molecule has 1 atom stereocenters. The molecule has 0 amide bonds. The van der Waals surface area contributed by atoms with Gasteiger partial charge in [-0.25, -0.2) is 0 Å². The second-order valence-corrected chi connectivity index (χ2v) is 4.88. The van der Waals surface area contributed by atoms with E-state index in [4.69, 9.17) is 10.8 Å². The third-order valence-corrected chi connectivity index (χ3v) is 3.08. The van der Waals surface area contributed by atoms with Crippen LogP contribution in [0.2, 0.25) is 0 Å². The summed E-state index contributed by atoms with van der Waals surface area (Å²) in [7, 11) is 0. The normalized spacial score (nSPS) is 13.3. The molecule has 4 nitrogen and oxygen atoms in total. The van der Waals surface area contributed by atoms with Crippen LogP contribution in [0.25, 0.3) is 0 Å². The Balaban J connectivity index is 2.49. The zero-order valence-corrected chi connectivity index (χ0v) is 11.9. The van der Waals surface area contributed by atoms with Gasteiger partial charge in [0.25, 0.3) is 0 Å². The highest BCUT2D eigenvalue weighted by molar-refractivity contribution is 5.92. The number of anilines is 1. The molecule has 0 fully saturated rings. The fraction of sp³-hybridized carbons (Fsp3) is 0.533. The number of rotatable bonds is 7. The molecule has 0 aliphatic heterocycles. The van der Waals surface area contributed by atoms with Gasteiger partial charge in [-0.2, -0.15) is 0 Å². The zero-order valence-electron chi connectivity index (χ0n) is 11.9. The van der Waals surface area contributed by atoms with Crippen LogP contribution in [0.4, 0.5) is 5.69 Å². The van der Waals surface area contributed by atoms with Gasteiger partial charge in [0.05, 0.1) is 0 Å². The van der Waals surface area contributed by atoms with Crippen molar-refractivity contribution in [1.82, 2.24) is 0 Å². The first-order chi connectivity index (χ1) is 9.15. The van der Waals surface area contributed by atoms with E-state index in [0.717, 1.165) is 24.9 Å². The van der Waals surface area contributed by atoms with Crippen molar-refractivity contribution in [3.05, 3.63) is 29.8 Å². The predicted octanol–water partition coefficient (Wildman–Crippen LogP) is 2.52. The quantitative estimate of drug-likeness (QED) is 0.523. The highest BCUT2D eigenvalue weighted by Crippen LogP contribution is 2.12. The van der Waals surface area contributed by atoms with Crippen molar-refractivity contribution < 1.29 is 5.11 Å². The summed E-state index contributed by atoms with van der Waals surface area (Å²) < 4.78 is 0. The third-order valence-electron chi connectivity index (χ3n) is 3.08. The molecule has 1 unspecified atom stereocenters. The predicted molar refractivity (Wildman–Crippen MR) is 81.4 cm³/mol. The number of nitrogens with zero attached hydrogens (tertiary/aromatic N) is 1. The summed E-state index contributed by atoms with van der Waals surface area (Å²) >= 11 is 0. The molecule has 0 saturated carbocycles. The maximum absolute atomic E-state index is 8.99. The third kappa shape index (κ3) is 6.25. The van der Waals surface area contributed by atoms with Gasteiger partial charge in [0.2, 0.25) is 0 Å². The highest BCUT2D eigenvalue weighted by Gasteiger charge is 2.06. The largest absolute Gasteiger partial charge is 0.396 e. The molecule has 1 rings (SSSR count). The molecule has 0 radical (unpaired) electrons. The highest BCUT2D eigenvalue weighted by atomic mass is 16.3. The molecule has 19 heavy (non-hydrogen) atoms. The number of benzene rings is 1. The van der Waals surface area contributed by atoms with Crippen molar-refractivity contribution in [2.24, 2.45) is 16.6 Å². The lowest BCUT2D eigenvalue weighted by Crippen LogP contribution is -2.24. The number of nitrogens with two attached hydrogens (primary N) is 1. The molecule has 0 aliphatic carbocycles. The minimum absolute atomic E-state index is 0.214. The Morgan fingerprint density at radius 3 is 2.58 bits per heavy atom. The van der Waals surface area contributed by atoms with Crippen LogP contribution in [0, 0.1) is 12.8 Å². The lowest BCUT2D eigenvalue weighted by Gasteiger charge is -2.12. The van der Waals surface area contributed by atoms with Gasteiger partial charge in [0.1, 0.15) is 0 Å². The minimum Gasteiger partial charge on any atom is -0.396 e. The number of aliphatic hydroxyl groups excluding tert-OH is 1. The van der Waals surface area contributed by atoms with Crippen molar-refractivity contribution in [2.45, 2.75) is 33.1 Å². The molecule has 1 aromatic rings. The van der Waals surface area contributed by atoms with Crippen LogP contribution < -0.4 is 11.1 Å². The number of aryl methyl sites for hydroxylation is 1. The van der Waals surface area contributed by atoms with Crippen molar-refractivity contribution in [3.8, 4) is 0 Å². The lowest BCUT2D eigenvalue weighted by molar-refractivity contribution is 0.253. The van der Waals surface area contributed by atoms with Crippen LogP contribution in [0.1, 0.15) is 31.7 Å². The Labute approximate surface area is 115 Å². The van der Waals surface area contributed by atoms with Crippen molar-refractivity contribution in [3.63, 3.8) is 0 Å². The molecular formula is C15H25N3O. The summed E-state index contributed by atoms with van der Waals surface area (Å²) in [5.41, 5.74) is 8.02. The van der Waals surface area contributed by atoms with E-state index in [0.29, 0.717) is 18.4 Å². The maximum Gasteiger partial charge on any atom is 0.193 e. The Morgan fingerprint density at radius 2 is 2.00 bits per heavy atom. The summed E-state index contributed by atoms with van der Waals surface area (Å²) in [4.78, 5) is 4.35. The second-order valence-electron chi connectivity index (χ2n) is 4.88. The van der Waals surface area contributed by atoms with Gasteiger partial charge < -0.3 is 16.2 Å². The van der Waals surface area contributed by atoms with Crippen molar-refractivity contribution in [1.29, 1.82) is 0 Å². The molecule has 0 heterocycles. The Kier molecular flexibility index (Phi) is 6.97. The fourth-order valence-corrected chi connectivity index (χ4v) is 1.97. The summed E-state index contributed by atoms with van der Waals surface area (Å²) in [6.45, 7) is 5.07. The van der Waals surface area contributed by atoms with E-state index < -0.39 is 0 Å². The molecule has 0 bridgehead atoms. The summed E-state index contributed by atoms with van der Waals surface area (Å²) in [6.07, 6.45) is 2.96. The summed E-state index contributed by atoms with van der Waals surface area (Å²) in [5, 5.41) is 12.1. The molecule has 0 saturated heterocycles. The monoisotopic (exact) mass is 263 g/mol. The molecule has 0 spiro atoms. The SMILES string of the molecule is CCCC(CCO)CN=C(N)Nc1ccc(C)cc1. The van der Waals surface area contributed by atoms with Crippen LogP contribution in [0.15, 0.2) is 29.3 Å². The first-order valence-corrected chi connectivity index (χ1v) is 6.90. The number of nitrogens with one attached hydrogen (secondary N) is 1. The van der Waals surface area contributed by atoms with Crippen LogP contribution in [0.3, 0.4) is 0 Å². The number of hydrogen-bond acceptors (Lipinski definition) is 2. The number of hydrogen-bond donors (Lipinski definition) is 3. The standard InChI is InChI=1S/C15H25N3O/c1-3-4-13(9-10-19)11-17-15(16)18-14-7-5-12(2)6-8-14/h5-8,13,19H,3-4,9-11H2,1-2H3,(H3,16,17,18). The van der Waals surface area contributed by atoms with Gasteiger partial charge in [0, 0.05) is 18.8 Å². The Hall–Kier alpha value is -1.55. The molecule has 0 aromatic heterocycles. The fourth-order valence-electron chi connectivity index (χ4n) is 1.97. The molecule has 1 aromatic carbocycles. The van der Waals surface area contributed by atoms with E-state index in [2.05, 4.69) is 17.2 Å². The molecular weight excluding hydrogens is 238 g/mol. The Bertz CT molecular complexity index is 381. The maximum atomic E-state index is 8.99. The average Bonchev–Trinajstić information content (AvgIpc) is 2.39.